The van der Waals surface area contributed by atoms with E-state index in [0.717, 1.165) is 36.9 Å². The zero-order valence-electron chi connectivity index (χ0n) is 19.6. The van der Waals surface area contributed by atoms with Crippen LogP contribution in [-0.2, 0) is 21.2 Å². The minimum absolute atomic E-state index is 0.0681. The van der Waals surface area contributed by atoms with Crippen LogP contribution in [0.3, 0.4) is 0 Å². The second-order valence-electron chi connectivity index (χ2n) is 10.1. The van der Waals surface area contributed by atoms with E-state index in [-0.39, 0.29) is 34.8 Å². The number of fused-ring (bicyclic) bond motifs is 1. The Morgan fingerprint density at radius 1 is 1.00 bits per heavy atom. The molecule has 2 atom stereocenters. The van der Waals surface area contributed by atoms with E-state index in [9.17, 15) is 17.6 Å². The summed E-state index contributed by atoms with van der Waals surface area (Å²) in [6.07, 6.45) is 6.51. The quantitative estimate of drug-likeness (QED) is 0.640. The van der Waals surface area contributed by atoms with Crippen molar-refractivity contribution >= 4 is 10.0 Å². The van der Waals surface area contributed by atoms with Crippen molar-refractivity contribution in [1.29, 1.82) is 0 Å². The molecule has 6 nitrogen and oxygen atoms in total. The molecule has 0 saturated heterocycles. The van der Waals surface area contributed by atoms with E-state index in [2.05, 4.69) is 4.72 Å². The molecule has 1 aromatic heterocycles. The van der Waals surface area contributed by atoms with Crippen LogP contribution in [0.1, 0.15) is 73.7 Å². The molecule has 5 rings (SSSR count). The summed E-state index contributed by atoms with van der Waals surface area (Å²) in [7, 11) is -3.38. The molecule has 2 unspecified atom stereocenters. The maximum atomic E-state index is 13.2. The van der Waals surface area contributed by atoms with Gasteiger partial charge in [0, 0.05) is 17.3 Å². The van der Waals surface area contributed by atoms with Crippen molar-refractivity contribution in [2.45, 2.75) is 87.6 Å². The average molecular weight is 489 g/mol. The number of hydrogen-bond acceptors (Lipinski definition) is 4. The smallest absolute Gasteiger partial charge is 0.254 e. The maximum Gasteiger partial charge on any atom is 0.254 e. The number of rotatable bonds is 7. The normalized spacial score (nSPS) is 27.4. The first kappa shape index (κ1) is 23.7. The third-order valence-electron chi connectivity index (χ3n) is 7.70. The van der Waals surface area contributed by atoms with Gasteiger partial charge < -0.3 is 9.30 Å². The predicted molar refractivity (Wildman–Crippen MR) is 129 cm³/mol. The largest absolute Gasteiger partial charge is 0.376 e. The number of pyridine rings is 1. The van der Waals surface area contributed by atoms with Gasteiger partial charge in [-0.3, -0.25) is 4.79 Å². The highest BCUT2D eigenvalue weighted by molar-refractivity contribution is 7.90. The molecule has 2 aliphatic carbocycles. The Morgan fingerprint density at radius 2 is 1.71 bits per heavy atom. The Hall–Kier alpha value is -2.03. The lowest BCUT2D eigenvalue weighted by Crippen LogP contribution is -2.50. The number of aryl methyl sites for hydroxylation is 2. The fourth-order valence-corrected chi connectivity index (χ4v) is 7.13. The molecule has 1 aliphatic heterocycles. The van der Waals surface area contributed by atoms with E-state index < -0.39 is 10.0 Å². The summed E-state index contributed by atoms with van der Waals surface area (Å²) < 4.78 is 49.7. The van der Waals surface area contributed by atoms with Gasteiger partial charge in [0.2, 0.25) is 10.0 Å². The molecule has 8 heteroatoms. The van der Waals surface area contributed by atoms with E-state index in [0.29, 0.717) is 43.8 Å². The van der Waals surface area contributed by atoms with Gasteiger partial charge in [0.1, 0.15) is 5.82 Å². The van der Waals surface area contributed by atoms with Crippen molar-refractivity contribution in [2.75, 3.05) is 6.61 Å². The summed E-state index contributed by atoms with van der Waals surface area (Å²) in [6.45, 7) is 2.10. The zero-order chi connectivity index (χ0) is 23.9. The summed E-state index contributed by atoms with van der Waals surface area (Å²) in [6, 6.07) is 9.87. The number of sulfonamides is 1. The van der Waals surface area contributed by atoms with E-state index in [1.54, 1.807) is 11.5 Å². The number of halogens is 1. The van der Waals surface area contributed by atoms with Gasteiger partial charge in [-0.25, -0.2) is 17.5 Å². The highest BCUT2D eigenvalue weighted by atomic mass is 32.2. The lowest BCUT2D eigenvalue weighted by molar-refractivity contribution is -0.00170. The second kappa shape index (κ2) is 9.55. The van der Waals surface area contributed by atoms with Crippen LogP contribution in [-0.4, -0.2) is 37.0 Å². The minimum atomic E-state index is -3.38. The molecular weight excluding hydrogens is 455 g/mol. The topological polar surface area (TPSA) is 77.4 Å². The lowest BCUT2D eigenvalue weighted by atomic mass is 9.82. The molecule has 184 valence electrons. The highest BCUT2D eigenvalue weighted by Gasteiger charge is 2.40. The van der Waals surface area contributed by atoms with Crippen LogP contribution in [0.4, 0.5) is 4.39 Å². The van der Waals surface area contributed by atoms with Gasteiger partial charge in [0.05, 0.1) is 24.0 Å². The van der Waals surface area contributed by atoms with E-state index in [1.165, 1.54) is 12.1 Å². The van der Waals surface area contributed by atoms with Crippen LogP contribution >= 0.6 is 0 Å². The molecule has 0 radical (unpaired) electrons. The van der Waals surface area contributed by atoms with Crippen LogP contribution in [0, 0.1) is 12.7 Å². The van der Waals surface area contributed by atoms with E-state index >= 15 is 0 Å². The molecule has 1 aromatic carbocycles. The molecule has 2 aromatic rings. The number of aromatic nitrogens is 1. The van der Waals surface area contributed by atoms with E-state index in [4.69, 9.17) is 4.74 Å². The highest BCUT2D eigenvalue weighted by Crippen LogP contribution is 2.35. The second-order valence-corrected chi connectivity index (χ2v) is 12.1. The zero-order valence-corrected chi connectivity index (χ0v) is 20.4. The number of ether oxygens (including phenoxy) is 1. The number of nitrogens with zero attached hydrogens (tertiary/aromatic N) is 1. The average Bonchev–Trinajstić information content (AvgIpc) is 3.68. The lowest BCUT2D eigenvalue weighted by Gasteiger charge is -2.37. The van der Waals surface area contributed by atoms with Crippen LogP contribution < -0.4 is 10.3 Å². The van der Waals surface area contributed by atoms with Gasteiger partial charge in [0.15, 0.2) is 0 Å². The van der Waals surface area contributed by atoms with Crippen molar-refractivity contribution in [3.8, 4) is 0 Å². The predicted octanol–water partition coefficient (Wildman–Crippen LogP) is 3.98. The Balaban J connectivity index is 1.28. The summed E-state index contributed by atoms with van der Waals surface area (Å²) >= 11 is 0. The Kier molecular flexibility index (Phi) is 6.66. The van der Waals surface area contributed by atoms with Crippen LogP contribution in [0.15, 0.2) is 41.2 Å². The molecule has 2 saturated carbocycles. The molecule has 0 amide bonds. The van der Waals surface area contributed by atoms with Crippen molar-refractivity contribution in [2.24, 2.45) is 0 Å². The van der Waals surface area contributed by atoms with Gasteiger partial charge in [-0.2, -0.15) is 0 Å². The SMILES string of the molecule is Cc1ccc2n(c1=O)C(COC1CCC(c3ccc(F)cc3)CC1)C(NS(=O)(=O)C1CC1)CC2. The molecule has 1 N–H and O–H groups in total. The molecule has 0 spiro atoms. The van der Waals surface area contributed by atoms with Gasteiger partial charge in [-0.1, -0.05) is 18.2 Å². The Labute approximate surface area is 200 Å². The molecule has 34 heavy (non-hydrogen) atoms. The summed E-state index contributed by atoms with van der Waals surface area (Å²) in [5.74, 6) is 0.185. The summed E-state index contributed by atoms with van der Waals surface area (Å²) in [5, 5.41) is -0.300. The van der Waals surface area contributed by atoms with Gasteiger partial charge in [-0.05, 0) is 88.0 Å². The fraction of sp³-hybridized carbons (Fsp3) is 0.577. The monoisotopic (exact) mass is 488 g/mol. The first-order valence-corrected chi connectivity index (χ1v) is 14.0. The standard InChI is InChI=1S/C26H33FN2O4S/c1-17-2-9-21-10-15-24(28-34(31,32)23-13-14-23)25(29(21)26(17)30)16-33-22-11-5-19(6-12-22)18-3-7-20(27)8-4-18/h2-4,7-9,19,22-25,28H,5-6,10-16H2,1H3. The third kappa shape index (κ3) is 4.99. The molecule has 2 fully saturated rings. The summed E-state index contributed by atoms with van der Waals surface area (Å²) in [5.41, 5.74) is 2.68. The molecule has 3 aliphatic rings. The van der Waals surface area contributed by atoms with Crippen LogP contribution in [0.25, 0.3) is 0 Å². The Bertz CT molecular complexity index is 1180. The molecule has 2 heterocycles. The minimum Gasteiger partial charge on any atom is -0.376 e. The van der Waals surface area contributed by atoms with Gasteiger partial charge in [-0.15, -0.1) is 0 Å². The van der Waals surface area contributed by atoms with Crippen molar-refractivity contribution in [1.82, 2.24) is 9.29 Å². The van der Waals surface area contributed by atoms with Gasteiger partial charge in [0.25, 0.3) is 5.56 Å². The summed E-state index contributed by atoms with van der Waals surface area (Å²) in [4.78, 5) is 13.1. The van der Waals surface area contributed by atoms with Crippen molar-refractivity contribution in [3.05, 3.63) is 69.4 Å². The maximum absolute atomic E-state index is 13.2. The number of hydrogen-bond donors (Lipinski definition) is 1. The van der Waals surface area contributed by atoms with Crippen molar-refractivity contribution in [3.63, 3.8) is 0 Å². The third-order valence-corrected chi connectivity index (χ3v) is 9.68. The number of nitrogens with one attached hydrogen (secondary N) is 1. The van der Waals surface area contributed by atoms with Crippen molar-refractivity contribution < 1.29 is 17.5 Å². The van der Waals surface area contributed by atoms with Crippen LogP contribution in [0.2, 0.25) is 0 Å². The molecule has 0 bridgehead atoms. The molecular formula is C26H33FN2O4S. The van der Waals surface area contributed by atoms with Gasteiger partial charge >= 0.3 is 0 Å². The number of benzene rings is 1. The Morgan fingerprint density at radius 3 is 2.38 bits per heavy atom. The van der Waals surface area contributed by atoms with Crippen LogP contribution in [0.5, 0.6) is 0 Å². The van der Waals surface area contributed by atoms with E-state index in [1.807, 2.05) is 24.3 Å². The first-order valence-electron chi connectivity index (χ1n) is 12.4. The fourth-order valence-electron chi connectivity index (χ4n) is 5.48. The first-order chi connectivity index (χ1) is 16.3.